The van der Waals surface area contributed by atoms with Gasteiger partial charge >= 0.3 is 5.97 Å². The number of nitrogens with one attached hydrogen (secondary N) is 2. The molecule has 1 amide bonds. The molecule has 7 heteroatoms. The second-order valence-corrected chi connectivity index (χ2v) is 7.47. The smallest absolute Gasteiger partial charge is 0.326 e. The van der Waals surface area contributed by atoms with Gasteiger partial charge in [-0.25, -0.2) is 4.79 Å². The Morgan fingerprint density at radius 3 is 2.52 bits per heavy atom. The highest BCUT2D eigenvalue weighted by Gasteiger charge is 2.25. The first kappa shape index (κ1) is 20.7. The van der Waals surface area contributed by atoms with E-state index in [-0.39, 0.29) is 6.42 Å². The number of benzene rings is 2. The number of carboxylic acid groups (broad SMARTS) is 1. The summed E-state index contributed by atoms with van der Waals surface area (Å²) in [6.45, 7) is 5.29. The Bertz CT molecular complexity index is 1040. The number of ether oxygens (including phenoxy) is 1. The topological polar surface area (TPSA) is 91.4 Å². The fraction of sp³-hybridized carbons (Fsp3) is 0.273. The van der Waals surface area contributed by atoms with E-state index in [4.69, 9.17) is 16.3 Å². The lowest BCUT2D eigenvalue weighted by molar-refractivity contribution is -0.142. The van der Waals surface area contributed by atoms with Gasteiger partial charge in [0.1, 0.15) is 11.8 Å². The molecule has 0 aliphatic rings. The number of carboxylic acids is 1. The maximum Gasteiger partial charge on any atom is 0.326 e. The minimum absolute atomic E-state index is 0.164. The van der Waals surface area contributed by atoms with E-state index in [2.05, 4.69) is 10.3 Å². The van der Waals surface area contributed by atoms with Crippen LogP contribution >= 0.6 is 11.6 Å². The van der Waals surface area contributed by atoms with Crippen molar-refractivity contribution >= 4 is 34.4 Å². The Morgan fingerprint density at radius 2 is 1.86 bits per heavy atom. The number of amides is 1. The summed E-state index contributed by atoms with van der Waals surface area (Å²) in [4.78, 5) is 27.4. The number of hydrogen-bond acceptors (Lipinski definition) is 3. The summed E-state index contributed by atoms with van der Waals surface area (Å²) in [6, 6.07) is 10.1. The van der Waals surface area contributed by atoms with Crippen LogP contribution in [0.15, 0.2) is 42.6 Å². The number of para-hydroxylation sites is 1. The zero-order chi connectivity index (χ0) is 21.1. The van der Waals surface area contributed by atoms with Crippen molar-refractivity contribution in [2.45, 2.75) is 39.3 Å². The molecule has 0 saturated carbocycles. The van der Waals surface area contributed by atoms with E-state index in [1.54, 1.807) is 25.3 Å². The van der Waals surface area contributed by atoms with Crippen LogP contribution in [0.2, 0.25) is 5.02 Å². The van der Waals surface area contributed by atoms with Gasteiger partial charge in [-0.1, -0.05) is 29.8 Å². The highest BCUT2D eigenvalue weighted by molar-refractivity contribution is 6.32. The summed E-state index contributed by atoms with van der Waals surface area (Å²) in [5.74, 6) is -1.09. The van der Waals surface area contributed by atoms with Crippen LogP contribution in [0.1, 0.15) is 23.6 Å². The number of aromatic amines is 1. The van der Waals surface area contributed by atoms with Crippen molar-refractivity contribution in [1.29, 1.82) is 0 Å². The summed E-state index contributed by atoms with van der Waals surface area (Å²) >= 11 is 6.16. The van der Waals surface area contributed by atoms with Gasteiger partial charge in [0, 0.05) is 28.5 Å². The van der Waals surface area contributed by atoms with Crippen molar-refractivity contribution in [2.75, 3.05) is 0 Å². The molecule has 0 radical (unpaired) electrons. The molecule has 0 saturated heterocycles. The zero-order valence-electron chi connectivity index (χ0n) is 16.5. The van der Waals surface area contributed by atoms with Crippen molar-refractivity contribution in [2.24, 2.45) is 0 Å². The highest BCUT2D eigenvalue weighted by Crippen LogP contribution is 2.26. The minimum Gasteiger partial charge on any atom is -0.481 e. The molecule has 0 aliphatic carbocycles. The Hall–Kier alpha value is -2.99. The number of aryl methyl sites for hydroxylation is 2. The Labute approximate surface area is 173 Å². The Morgan fingerprint density at radius 1 is 1.21 bits per heavy atom. The number of H-pyrrole nitrogens is 1. The number of hydrogen-bond donors (Lipinski definition) is 3. The minimum atomic E-state index is -1.10. The maximum atomic E-state index is 12.6. The molecule has 29 heavy (non-hydrogen) atoms. The van der Waals surface area contributed by atoms with Gasteiger partial charge in [0.05, 0.1) is 0 Å². The molecule has 0 bridgehead atoms. The second kappa shape index (κ2) is 8.57. The summed E-state index contributed by atoms with van der Waals surface area (Å²) in [5, 5.41) is 13.8. The van der Waals surface area contributed by atoms with Crippen LogP contribution < -0.4 is 10.1 Å². The summed E-state index contributed by atoms with van der Waals surface area (Å²) in [5.41, 5.74) is 3.43. The van der Waals surface area contributed by atoms with Gasteiger partial charge in [0.15, 0.2) is 6.10 Å². The first-order chi connectivity index (χ1) is 13.8. The Balaban J connectivity index is 1.70. The van der Waals surface area contributed by atoms with Crippen LogP contribution in [0.4, 0.5) is 0 Å². The SMILES string of the molecule is Cc1cc(OC(C)C(=O)NC(Cc2c[nH]c3ccccc23)C(=O)O)cc(C)c1Cl. The maximum absolute atomic E-state index is 12.6. The lowest BCUT2D eigenvalue weighted by Gasteiger charge is -2.19. The van der Waals surface area contributed by atoms with E-state index >= 15 is 0 Å². The first-order valence-electron chi connectivity index (χ1n) is 9.28. The molecule has 0 aliphatic heterocycles. The van der Waals surface area contributed by atoms with Crippen molar-refractivity contribution in [3.63, 3.8) is 0 Å². The third-order valence-corrected chi connectivity index (χ3v) is 5.40. The summed E-state index contributed by atoms with van der Waals surface area (Å²) in [6.07, 6.45) is 1.07. The molecule has 3 rings (SSSR count). The van der Waals surface area contributed by atoms with E-state index in [0.29, 0.717) is 10.8 Å². The van der Waals surface area contributed by atoms with Crippen molar-refractivity contribution in [3.8, 4) is 5.75 Å². The summed E-state index contributed by atoms with van der Waals surface area (Å²) in [7, 11) is 0. The van der Waals surface area contributed by atoms with Crippen LogP contribution in [-0.2, 0) is 16.0 Å². The molecule has 0 spiro atoms. The third-order valence-electron chi connectivity index (χ3n) is 4.81. The molecule has 0 fully saturated rings. The standard InChI is InChI=1S/C22H23ClN2O4/c1-12-8-16(9-13(2)20(12)23)29-14(3)21(26)25-19(22(27)28)10-15-11-24-18-7-5-4-6-17(15)18/h4-9,11,14,19,24H,10H2,1-3H3,(H,25,26)(H,27,28). The largest absolute Gasteiger partial charge is 0.481 e. The number of halogens is 1. The van der Waals surface area contributed by atoms with Gasteiger partial charge < -0.3 is 20.1 Å². The predicted molar refractivity (Wildman–Crippen MR) is 113 cm³/mol. The average Bonchev–Trinajstić information content (AvgIpc) is 3.08. The van der Waals surface area contributed by atoms with E-state index in [9.17, 15) is 14.7 Å². The normalized spacial score (nSPS) is 13.1. The lowest BCUT2D eigenvalue weighted by Crippen LogP contribution is -2.47. The quantitative estimate of drug-likeness (QED) is 0.544. The van der Waals surface area contributed by atoms with Crippen LogP contribution in [0, 0.1) is 13.8 Å². The fourth-order valence-corrected chi connectivity index (χ4v) is 3.35. The lowest BCUT2D eigenvalue weighted by atomic mass is 10.0. The summed E-state index contributed by atoms with van der Waals surface area (Å²) < 4.78 is 5.71. The highest BCUT2D eigenvalue weighted by atomic mass is 35.5. The van der Waals surface area contributed by atoms with Crippen molar-refractivity contribution in [3.05, 3.63) is 64.3 Å². The Kier molecular flexibility index (Phi) is 6.13. The number of rotatable bonds is 7. The molecular weight excluding hydrogens is 392 g/mol. The molecule has 1 heterocycles. The average molecular weight is 415 g/mol. The number of aromatic nitrogens is 1. The molecule has 3 aromatic rings. The monoisotopic (exact) mass is 414 g/mol. The molecule has 2 unspecified atom stereocenters. The van der Waals surface area contributed by atoms with Crippen molar-refractivity contribution < 1.29 is 19.4 Å². The molecular formula is C22H23ClN2O4. The van der Waals surface area contributed by atoms with Crippen LogP contribution in [0.3, 0.4) is 0 Å². The van der Waals surface area contributed by atoms with Gasteiger partial charge in [0.2, 0.25) is 0 Å². The van der Waals surface area contributed by atoms with Crippen LogP contribution in [-0.4, -0.2) is 34.1 Å². The van der Waals surface area contributed by atoms with Gasteiger partial charge in [-0.15, -0.1) is 0 Å². The molecule has 6 nitrogen and oxygen atoms in total. The van der Waals surface area contributed by atoms with Gasteiger partial charge in [-0.3, -0.25) is 4.79 Å². The number of aliphatic carboxylic acids is 1. The number of carbonyl (C=O) groups is 2. The van der Waals surface area contributed by atoms with E-state index in [1.165, 1.54) is 0 Å². The number of fused-ring (bicyclic) bond motifs is 1. The first-order valence-corrected chi connectivity index (χ1v) is 9.65. The van der Waals surface area contributed by atoms with Gasteiger partial charge in [-0.05, 0) is 55.7 Å². The van der Waals surface area contributed by atoms with E-state index in [1.807, 2.05) is 38.1 Å². The molecule has 152 valence electrons. The molecule has 2 aromatic carbocycles. The van der Waals surface area contributed by atoms with Crippen LogP contribution in [0.5, 0.6) is 5.75 Å². The number of carbonyl (C=O) groups excluding carboxylic acids is 1. The van der Waals surface area contributed by atoms with Gasteiger partial charge in [-0.2, -0.15) is 0 Å². The van der Waals surface area contributed by atoms with Gasteiger partial charge in [0.25, 0.3) is 5.91 Å². The van der Waals surface area contributed by atoms with E-state index < -0.39 is 24.0 Å². The van der Waals surface area contributed by atoms with Crippen molar-refractivity contribution in [1.82, 2.24) is 10.3 Å². The molecule has 1 aromatic heterocycles. The molecule has 2 atom stereocenters. The molecule has 3 N–H and O–H groups in total. The zero-order valence-corrected chi connectivity index (χ0v) is 17.2. The third kappa shape index (κ3) is 4.71. The fourth-order valence-electron chi connectivity index (χ4n) is 3.24. The predicted octanol–water partition coefficient (Wildman–Crippen LogP) is 4.02. The van der Waals surface area contributed by atoms with Crippen LogP contribution in [0.25, 0.3) is 10.9 Å². The second-order valence-electron chi connectivity index (χ2n) is 7.09. The van der Waals surface area contributed by atoms with E-state index in [0.717, 1.165) is 27.6 Å².